The van der Waals surface area contributed by atoms with E-state index in [9.17, 15) is 0 Å². The molecule has 5 aromatic carbocycles. The van der Waals surface area contributed by atoms with Crippen LogP contribution in [0.1, 0.15) is 94.9 Å². The zero-order chi connectivity index (χ0) is 34.3. The largest absolute Gasteiger partial charge is 0.309 e. The minimum atomic E-state index is 0.0656. The van der Waals surface area contributed by atoms with Crippen LogP contribution in [-0.2, 0) is 16.2 Å². The smallest absolute Gasteiger partial charge is 0.0604 e. The fraction of sp³-hybridized carbons (Fsp3) is 0.375. The molecule has 0 N–H and O–H groups in total. The monoisotopic (exact) mass is 701 g/mol. The molecule has 1 nitrogen and oxygen atoms in total. The van der Waals surface area contributed by atoms with Gasteiger partial charge in [-0.2, -0.15) is 0 Å². The van der Waals surface area contributed by atoms with Crippen molar-refractivity contribution in [2.45, 2.75) is 98.7 Å². The Balaban J connectivity index is 1.21. The molecule has 0 atom stereocenters. The first-order chi connectivity index (χ1) is 24.7. The molecule has 0 unspecified atom stereocenters. The van der Waals surface area contributed by atoms with Gasteiger partial charge in [0.2, 0.25) is 0 Å². The lowest BCUT2D eigenvalue weighted by Crippen LogP contribution is -2.57. The minimum absolute atomic E-state index is 0.0656. The highest BCUT2D eigenvalue weighted by Gasteiger charge is 2.61. The normalized spacial score (nSPS) is 27.8. The van der Waals surface area contributed by atoms with Crippen molar-refractivity contribution in [3.8, 4) is 0 Å². The average Bonchev–Trinajstić information content (AvgIpc) is 3.50. The molecule has 6 aromatic rings. The molecule has 1 aromatic heterocycles. The van der Waals surface area contributed by atoms with Gasteiger partial charge in [0.15, 0.2) is 0 Å². The van der Waals surface area contributed by atoms with Gasteiger partial charge in [0.25, 0.3) is 0 Å². The lowest BCUT2D eigenvalue weighted by atomic mass is 9.42. The third kappa shape index (κ3) is 4.28. The molecule has 6 aliphatic rings. The maximum Gasteiger partial charge on any atom is 0.0604 e. The van der Waals surface area contributed by atoms with Crippen LogP contribution in [0.2, 0.25) is 0 Å². The Labute approximate surface area is 311 Å². The van der Waals surface area contributed by atoms with Crippen molar-refractivity contribution in [3.63, 3.8) is 0 Å². The highest BCUT2D eigenvalue weighted by molar-refractivity contribution is 7.99. The molecular weight excluding hydrogens is 655 g/mol. The zero-order valence-corrected chi connectivity index (χ0v) is 32.0. The van der Waals surface area contributed by atoms with E-state index < -0.39 is 0 Å². The first kappa shape index (κ1) is 31.0. The number of benzene rings is 5. The molecule has 0 radical (unpaired) electrons. The van der Waals surface area contributed by atoms with Crippen LogP contribution in [0.5, 0.6) is 0 Å². The third-order valence-corrected chi connectivity index (χ3v) is 16.7. The Morgan fingerprint density at radius 3 is 2.02 bits per heavy atom. The van der Waals surface area contributed by atoms with Crippen molar-refractivity contribution in [3.05, 3.63) is 125 Å². The van der Waals surface area contributed by atoms with Crippen molar-refractivity contribution in [1.82, 2.24) is 0 Å². The van der Waals surface area contributed by atoms with Gasteiger partial charge in [-0.15, -0.1) is 11.3 Å². The summed E-state index contributed by atoms with van der Waals surface area (Å²) < 4.78 is 2.73. The van der Waals surface area contributed by atoms with Gasteiger partial charge in [-0.05, 0) is 144 Å². The predicted octanol–water partition coefficient (Wildman–Crippen LogP) is 14.1. The number of hydrogen-bond acceptors (Lipinski definition) is 3. The van der Waals surface area contributed by atoms with Gasteiger partial charge in [-0.25, -0.2) is 0 Å². The van der Waals surface area contributed by atoms with Crippen LogP contribution < -0.4 is 4.90 Å². The number of anilines is 3. The van der Waals surface area contributed by atoms with E-state index >= 15 is 0 Å². The summed E-state index contributed by atoms with van der Waals surface area (Å²) in [6.07, 6.45) is 9.48. The molecule has 4 fully saturated rings. The number of thiophene rings is 1. The number of rotatable bonds is 3. The van der Waals surface area contributed by atoms with Gasteiger partial charge >= 0.3 is 0 Å². The molecule has 256 valence electrons. The van der Waals surface area contributed by atoms with Crippen LogP contribution in [0.15, 0.2) is 113 Å². The first-order valence-electron chi connectivity index (χ1n) is 19.5. The molecule has 51 heavy (non-hydrogen) atoms. The highest BCUT2D eigenvalue weighted by atomic mass is 32.2. The minimum Gasteiger partial charge on any atom is -0.309 e. The Morgan fingerprint density at radius 2 is 1.22 bits per heavy atom. The second kappa shape index (κ2) is 10.8. The van der Waals surface area contributed by atoms with E-state index in [0.29, 0.717) is 0 Å². The second-order valence-corrected chi connectivity index (χ2v) is 20.1. The van der Waals surface area contributed by atoms with E-state index in [1.54, 1.807) is 11.1 Å². The summed E-state index contributed by atoms with van der Waals surface area (Å²) in [6.45, 7) is 9.92. The fourth-order valence-electron chi connectivity index (χ4n) is 12.2. The molecule has 0 amide bonds. The third-order valence-electron chi connectivity index (χ3n) is 14.3. The van der Waals surface area contributed by atoms with Crippen LogP contribution in [0.25, 0.3) is 20.2 Å². The van der Waals surface area contributed by atoms with E-state index in [4.69, 9.17) is 0 Å². The topological polar surface area (TPSA) is 3.24 Å². The zero-order valence-electron chi connectivity index (χ0n) is 30.3. The summed E-state index contributed by atoms with van der Waals surface area (Å²) >= 11 is 3.97. The van der Waals surface area contributed by atoms with E-state index in [1.165, 1.54) is 103 Å². The summed E-state index contributed by atoms with van der Waals surface area (Å²) in [5.41, 5.74) is 10.6. The van der Waals surface area contributed by atoms with Crippen LogP contribution in [-0.4, -0.2) is 0 Å². The Bertz CT molecular complexity index is 2360. The molecule has 1 aliphatic heterocycles. The first-order valence-corrected chi connectivity index (χ1v) is 21.1. The number of hydrogen-bond donors (Lipinski definition) is 0. The van der Waals surface area contributed by atoms with Gasteiger partial charge in [0.05, 0.1) is 11.4 Å². The number of nitrogens with zero attached hydrogens (tertiary/aromatic N) is 1. The molecule has 4 bridgehead atoms. The van der Waals surface area contributed by atoms with Gasteiger partial charge in [0.1, 0.15) is 0 Å². The molecule has 2 heterocycles. The number of fused-ring (bicyclic) bond motifs is 6. The molecule has 12 rings (SSSR count). The SMILES string of the molecule is CC1(C)CCC(C)(C)c2c(N(c3ccc4sc5ccccc5c4c3)c3cccc4c3Sc3ccccc3C43C4CC5CC(C4)CC3C5)cccc21. The molecule has 0 saturated heterocycles. The Hall–Kier alpha value is -3.53. The highest BCUT2D eigenvalue weighted by Crippen LogP contribution is 2.70. The maximum absolute atomic E-state index is 2.71. The van der Waals surface area contributed by atoms with Crippen LogP contribution in [0.3, 0.4) is 0 Å². The van der Waals surface area contributed by atoms with Crippen molar-refractivity contribution in [2.75, 3.05) is 4.90 Å². The summed E-state index contributed by atoms with van der Waals surface area (Å²) in [4.78, 5) is 5.68. The molecule has 5 aliphatic carbocycles. The maximum atomic E-state index is 2.71. The van der Waals surface area contributed by atoms with E-state index in [2.05, 4.69) is 147 Å². The van der Waals surface area contributed by atoms with Crippen molar-refractivity contribution in [1.29, 1.82) is 0 Å². The van der Waals surface area contributed by atoms with Crippen LogP contribution in [0, 0.1) is 23.7 Å². The Kier molecular flexibility index (Phi) is 6.55. The summed E-state index contributed by atoms with van der Waals surface area (Å²) in [6, 6.07) is 40.5. The molecule has 1 spiro atoms. The van der Waals surface area contributed by atoms with E-state index in [-0.39, 0.29) is 16.2 Å². The predicted molar refractivity (Wildman–Crippen MR) is 218 cm³/mol. The van der Waals surface area contributed by atoms with Crippen molar-refractivity contribution in [2.24, 2.45) is 23.7 Å². The average molecular weight is 702 g/mol. The van der Waals surface area contributed by atoms with Gasteiger partial charge in [-0.3, -0.25) is 0 Å². The van der Waals surface area contributed by atoms with Crippen molar-refractivity contribution < 1.29 is 0 Å². The second-order valence-electron chi connectivity index (χ2n) is 18.0. The fourth-order valence-corrected chi connectivity index (χ4v) is 14.7. The Morgan fingerprint density at radius 1 is 0.569 bits per heavy atom. The standard InChI is InChI=1S/C48H47NS2/c1-46(2)21-22-47(3,4)44-37(46)13-9-15-39(44)49(33-19-20-42-35(28-33)34-11-5-7-17-41(34)50-42)40-16-10-14-38-45(40)51-43-18-8-6-12-36(43)48(38)31-24-29-23-30(26-31)27-32(48)25-29/h5-20,28-32H,21-27H2,1-4H3. The summed E-state index contributed by atoms with van der Waals surface area (Å²) in [5.74, 6) is 3.32. The lowest BCUT2D eigenvalue weighted by Gasteiger charge is -2.63. The summed E-state index contributed by atoms with van der Waals surface area (Å²) in [7, 11) is 0. The van der Waals surface area contributed by atoms with E-state index in [0.717, 1.165) is 23.7 Å². The summed E-state index contributed by atoms with van der Waals surface area (Å²) in [5, 5.41) is 2.73. The molecule has 3 heteroatoms. The lowest BCUT2D eigenvalue weighted by molar-refractivity contribution is -0.0443. The van der Waals surface area contributed by atoms with Gasteiger partial charge < -0.3 is 4.90 Å². The van der Waals surface area contributed by atoms with Gasteiger partial charge in [-0.1, -0.05) is 100 Å². The van der Waals surface area contributed by atoms with Gasteiger partial charge in [0, 0.05) is 41.1 Å². The van der Waals surface area contributed by atoms with E-state index in [1.807, 2.05) is 11.3 Å². The molecular formula is C48H47NS2. The van der Waals surface area contributed by atoms with Crippen LogP contribution in [0.4, 0.5) is 17.1 Å². The van der Waals surface area contributed by atoms with Crippen LogP contribution >= 0.6 is 23.1 Å². The molecule has 4 saturated carbocycles. The quantitative estimate of drug-likeness (QED) is 0.181. The van der Waals surface area contributed by atoms with Crippen molar-refractivity contribution >= 4 is 60.3 Å².